The van der Waals surface area contributed by atoms with Gasteiger partial charge in [-0.15, -0.1) is 13.2 Å². The fourth-order valence-electron chi connectivity index (χ4n) is 5.11. The number of carbonyl (C=O) groups is 2. The normalized spacial score (nSPS) is 20.6. The van der Waals surface area contributed by atoms with Crippen LogP contribution in [0, 0.1) is 11.8 Å². The molecule has 4 nitrogen and oxygen atoms in total. The van der Waals surface area contributed by atoms with E-state index in [-0.39, 0.29) is 30.8 Å². The van der Waals surface area contributed by atoms with Gasteiger partial charge in [0.2, 0.25) is 0 Å². The van der Waals surface area contributed by atoms with Crippen LogP contribution in [0.4, 0.5) is 0 Å². The molecule has 0 aromatic rings. The maximum atomic E-state index is 12.5. The van der Waals surface area contributed by atoms with E-state index in [0.717, 1.165) is 45.2 Å². The zero-order valence-corrected chi connectivity index (χ0v) is 27.3. The highest BCUT2D eigenvalue weighted by molar-refractivity contribution is 5.90. The van der Waals surface area contributed by atoms with Gasteiger partial charge < -0.3 is 0 Å². The summed E-state index contributed by atoms with van der Waals surface area (Å²) in [5, 5.41) is 0. The van der Waals surface area contributed by atoms with Gasteiger partial charge in [0.15, 0.2) is 11.6 Å². The van der Waals surface area contributed by atoms with Gasteiger partial charge in [-0.05, 0) is 79.3 Å². The van der Waals surface area contributed by atoms with Crippen molar-refractivity contribution in [1.82, 2.24) is 9.80 Å². The van der Waals surface area contributed by atoms with Gasteiger partial charge in [0.05, 0.1) is 11.6 Å². The molecular weight excluding hydrogens is 468 g/mol. The van der Waals surface area contributed by atoms with E-state index in [9.17, 15) is 9.59 Å². The molecule has 0 aromatic carbocycles. The molecule has 2 fully saturated rings. The minimum atomic E-state index is -0.260. The number of nitrogens with zero attached hydrogens (tertiary/aromatic N) is 2. The lowest BCUT2D eigenvalue weighted by atomic mass is 9.81. The third kappa shape index (κ3) is 14.2. The molecule has 2 atom stereocenters. The maximum Gasteiger partial charge on any atom is 0.155 e. The van der Waals surface area contributed by atoms with Crippen LogP contribution in [0.2, 0.25) is 0 Å². The Morgan fingerprint density at radius 1 is 0.842 bits per heavy atom. The number of rotatable bonds is 9. The van der Waals surface area contributed by atoms with Gasteiger partial charge in [-0.3, -0.25) is 19.4 Å². The van der Waals surface area contributed by atoms with Crippen molar-refractivity contribution < 1.29 is 9.59 Å². The van der Waals surface area contributed by atoms with Crippen molar-refractivity contribution in [2.75, 3.05) is 13.1 Å². The van der Waals surface area contributed by atoms with Gasteiger partial charge in [-0.25, -0.2) is 0 Å². The van der Waals surface area contributed by atoms with E-state index in [4.69, 9.17) is 0 Å². The number of likely N-dealkylation sites (tertiary alicyclic amines) is 2. The summed E-state index contributed by atoms with van der Waals surface area (Å²) in [6.45, 7) is 36.2. The van der Waals surface area contributed by atoms with Crippen LogP contribution in [0.1, 0.15) is 136 Å². The van der Waals surface area contributed by atoms with Crippen LogP contribution in [-0.2, 0) is 9.59 Å². The molecular formula is C34H70N2O2. The molecule has 0 N–H and O–H groups in total. The van der Waals surface area contributed by atoms with Crippen LogP contribution < -0.4 is 0 Å². The number of hydrogen-bond donors (Lipinski definition) is 0. The zero-order chi connectivity index (χ0) is 29.8. The van der Waals surface area contributed by atoms with E-state index < -0.39 is 0 Å². The van der Waals surface area contributed by atoms with E-state index in [1.54, 1.807) is 0 Å². The quantitative estimate of drug-likeness (QED) is 0.274. The van der Waals surface area contributed by atoms with E-state index in [1.807, 2.05) is 67.5 Å². The lowest BCUT2D eigenvalue weighted by Crippen LogP contribution is -2.54. The van der Waals surface area contributed by atoms with Crippen LogP contribution in [0.5, 0.6) is 0 Å². The largest absolute Gasteiger partial charge is 0.298 e. The Kier molecular flexibility index (Phi) is 28.5. The molecule has 4 heteroatoms. The van der Waals surface area contributed by atoms with E-state index in [1.165, 1.54) is 6.42 Å². The Morgan fingerprint density at radius 3 is 1.68 bits per heavy atom. The van der Waals surface area contributed by atoms with Crippen molar-refractivity contribution in [1.29, 1.82) is 0 Å². The molecule has 2 rings (SSSR count). The predicted molar refractivity (Wildman–Crippen MR) is 173 cm³/mol. The van der Waals surface area contributed by atoms with Gasteiger partial charge in [-0.2, -0.15) is 0 Å². The van der Waals surface area contributed by atoms with Crippen molar-refractivity contribution in [2.45, 2.75) is 160 Å². The highest BCUT2D eigenvalue weighted by Crippen LogP contribution is 2.37. The predicted octanol–water partition coefficient (Wildman–Crippen LogP) is 9.39. The topological polar surface area (TPSA) is 40.6 Å². The third-order valence-electron chi connectivity index (χ3n) is 6.77. The number of allylic oxidation sites excluding steroid dienone is 1. The number of ketones is 2. The minimum absolute atomic E-state index is 0. The molecule has 2 saturated heterocycles. The summed E-state index contributed by atoms with van der Waals surface area (Å²) < 4.78 is 0. The first-order valence-electron chi connectivity index (χ1n) is 15.2. The molecule has 0 saturated carbocycles. The molecule has 2 heterocycles. The summed E-state index contributed by atoms with van der Waals surface area (Å²) in [5.41, 5.74) is -0.260. The Hall–Kier alpha value is -1.26. The summed E-state index contributed by atoms with van der Waals surface area (Å²) in [6, 6.07) is 1.15. The summed E-state index contributed by atoms with van der Waals surface area (Å²) in [5.74, 6) is 1.11. The Bertz CT molecular complexity index is 610. The first-order chi connectivity index (χ1) is 17.4. The van der Waals surface area contributed by atoms with Crippen LogP contribution in [0.3, 0.4) is 0 Å². The summed E-state index contributed by atoms with van der Waals surface area (Å²) in [4.78, 5) is 29.0. The average Bonchev–Trinajstić information content (AvgIpc) is 3.54. The zero-order valence-electron chi connectivity index (χ0n) is 27.3. The molecule has 2 aliphatic rings. The maximum absolute atomic E-state index is 12.5. The van der Waals surface area contributed by atoms with E-state index >= 15 is 0 Å². The number of carbonyl (C=O) groups excluding carboxylic acids is 2. The fourth-order valence-corrected chi connectivity index (χ4v) is 5.11. The van der Waals surface area contributed by atoms with Crippen molar-refractivity contribution in [3.8, 4) is 0 Å². The highest BCUT2D eigenvalue weighted by atomic mass is 16.1. The number of hydrogen-bond acceptors (Lipinski definition) is 4. The van der Waals surface area contributed by atoms with Gasteiger partial charge in [-0.1, -0.05) is 81.9 Å². The standard InChI is InChI=1S/C14H25NO.C11H21NO.C4H8.2C2H6.CH4/c1-6-8-14(13(16)11(2)3)9-7-10-15(14)12(4)5;1-8(2)11(13)10-6-5-7-12(10)9(3)4;1-3-4-2;2*1-2;/h6,11-12H,1,7-10H2,2-5H3;8-10H,5-7H2,1-4H3;3H,1,4H2,2H3;2*1-2H3;1H4. The molecule has 0 aliphatic carbocycles. The Morgan fingerprint density at radius 2 is 1.34 bits per heavy atom. The second-order valence-electron chi connectivity index (χ2n) is 10.7. The van der Waals surface area contributed by atoms with E-state index in [2.05, 4.69) is 57.6 Å². The minimum Gasteiger partial charge on any atom is -0.298 e. The summed E-state index contributed by atoms with van der Waals surface area (Å²) >= 11 is 0. The van der Waals surface area contributed by atoms with Gasteiger partial charge in [0.1, 0.15) is 0 Å². The molecule has 38 heavy (non-hydrogen) atoms. The first-order valence-corrected chi connectivity index (χ1v) is 15.2. The van der Waals surface area contributed by atoms with Gasteiger partial charge >= 0.3 is 0 Å². The second-order valence-corrected chi connectivity index (χ2v) is 10.7. The highest BCUT2D eigenvalue weighted by Gasteiger charge is 2.47. The molecule has 0 radical (unpaired) electrons. The molecule has 228 valence electrons. The average molecular weight is 539 g/mol. The molecule has 0 spiro atoms. The summed E-state index contributed by atoms with van der Waals surface area (Å²) in [7, 11) is 0. The lowest BCUT2D eigenvalue weighted by molar-refractivity contribution is -0.133. The van der Waals surface area contributed by atoms with Gasteiger partial charge in [0.25, 0.3) is 0 Å². The first kappa shape index (κ1) is 43.8. The monoisotopic (exact) mass is 539 g/mol. The Labute approximate surface area is 240 Å². The Balaban J connectivity index is -0.000000236. The summed E-state index contributed by atoms with van der Waals surface area (Å²) in [6.07, 6.45) is 10.0. The van der Waals surface area contributed by atoms with Crippen LogP contribution >= 0.6 is 0 Å². The lowest BCUT2D eigenvalue weighted by Gasteiger charge is -2.40. The van der Waals surface area contributed by atoms with Crippen molar-refractivity contribution in [2.24, 2.45) is 11.8 Å². The molecule has 0 bridgehead atoms. The molecule has 2 aliphatic heterocycles. The van der Waals surface area contributed by atoms with Crippen molar-refractivity contribution in [3.63, 3.8) is 0 Å². The molecule has 0 amide bonds. The SMILES string of the molecule is C.C=CCC.C=CCC1(C(=O)C(C)C)CCCN1C(C)C.CC.CC.CC(C)C(=O)C1CCCN1C(C)C. The fraction of sp³-hybridized carbons (Fsp3) is 0.824. The van der Waals surface area contributed by atoms with Crippen LogP contribution in [0.15, 0.2) is 25.3 Å². The van der Waals surface area contributed by atoms with Gasteiger partial charge in [0, 0.05) is 23.9 Å². The second kappa shape index (κ2) is 24.8. The number of Topliss-reactive ketones (excluding diaryl/α,β-unsaturated/α-hetero) is 2. The van der Waals surface area contributed by atoms with Crippen LogP contribution in [0.25, 0.3) is 0 Å². The van der Waals surface area contributed by atoms with Crippen molar-refractivity contribution >= 4 is 11.6 Å². The van der Waals surface area contributed by atoms with Crippen molar-refractivity contribution in [3.05, 3.63) is 25.3 Å². The van der Waals surface area contributed by atoms with Crippen LogP contribution in [-0.4, -0.2) is 58.1 Å². The molecule has 0 aromatic heterocycles. The molecule has 2 unspecified atom stereocenters. The smallest absolute Gasteiger partial charge is 0.155 e. The third-order valence-corrected chi connectivity index (χ3v) is 6.77. The van der Waals surface area contributed by atoms with E-state index in [0.29, 0.717) is 23.7 Å².